The molecule has 1 amide bonds. The molecule has 4 nitrogen and oxygen atoms in total. The average Bonchev–Trinajstić information content (AvgIpc) is 2.69. The lowest BCUT2D eigenvalue weighted by Gasteiger charge is -2.16. The Balaban J connectivity index is 1.84. The summed E-state index contributed by atoms with van der Waals surface area (Å²) in [4.78, 5) is 13.2. The highest BCUT2D eigenvalue weighted by Gasteiger charge is 2.33. The Bertz CT molecular complexity index is 378. The lowest BCUT2D eigenvalue weighted by molar-refractivity contribution is 0.102. The van der Waals surface area contributed by atoms with Crippen molar-refractivity contribution in [3.05, 3.63) is 30.3 Å². The number of carbonyl (C=O) groups excluding carboxylic acids is 1. The minimum atomic E-state index is -0.248. The standard InChI is InChI=1S/C13H17NO3/c1-10(2)14-8-12(17-13(14)15)9-16-11-6-4-3-5-7-11/h3-7,10,12H,8-9H2,1-2H3. The number of amides is 1. The molecule has 1 aliphatic heterocycles. The Kier molecular flexibility index (Phi) is 3.52. The third-order valence-electron chi connectivity index (χ3n) is 2.70. The van der Waals surface area contributed by atoms with E-state index in [1.807, 2.05) is 44.2 Å². The Labute approximate surface area is 101 Å². The van der Waals surface area contributed by atoms with Crippen molar-refractivity contribution in [3.8, 4) is 5.75 Å². The summed E-state index contributed by atoms with van der Waals surface area (Å²) in [7, 11) is 0. The van der Waals surface area contributed by atoms with Crippen LogP contribution in [0.1, 0.15) is 13.8 Å². The van der Waals surface area contributed by atoms with Gasteiger partial charge in [0.25, 0.3) is 0 Å². The van der Waals surface area contributed by atoms with Gasteiger partial charge in [-0.1, -0.05) is 18.2 Å². The third kappa shape index (κ3) is 2.90. The van der Waals surface area contributed by atoms with Crippen LogP contribution in [0.3, 0.4) is 0 Å². The van der Waals surface area contributed by atoms with Crippen LogP contribution in [-0.4, -0.2) is 36.3 Å². The molecule has 1 aliphatic rings. The molecule has 17 heavy (non-hydrogen) atoms. The SMILES string of the molecule is CC(C)N1CC(COc2ccccc2)OC1=O. The molecule has 1 aromatic carbocycles. The van der Waals surface area contributed by atoms with Crippen LogP contribution >= 0.6 is 0 Å². The maximum Gasteiger partial charge on any atom is 0.410 e. The second kappa shape index (κ2) is 5.08. The predicted octanol–water partition coefficient (Wildman–Crippen LogP) is 2.29. The smallest absolute Gasteiger partial charge is 0.410 e. The minimum absolute atomic E-state index is 0.171. The lowest BCUT2D eigenvalue weighted by atomic mass is 10.3. The molecular formula is C13H17NO3. The highest BCUT2D eigenvalue weighted by atomic mass is 16.6. The van der Waals surface area contributed by atoms with Crippen molar-refractivity contribution in [2.45, 2.75) is 26.0 Å². The van der Waals surface area contributed by atoms with E-state index < -0.39 is 0 Å². The molecule has 0 spiro atoms. The number of para-hydroxylation sites is 1. The molecule has 0 bridgehead atoms. The number of hydrogen-bond donors (Lipinski definition) is 0. The molecule has 0 radical (unpaired) electrons. The molecule has 1 unspecified atom stereocenters. The zero-order valence-electron chi connectivity index (χ0n) is 10.1. The fraction of sp³-hybridized carbons (Fsp3) is 0.462. The van der Waals surface area contributed by atoms with Gasteiger partial charge >= 0.3 is 6.09 Å². The van der Waals surface area contributed by atoms with Gasteiger partial charge in [0.1, 0.15) is 12.4 Å². The summed E-state index contributed by atoms with van der Waals surface area (Å²) < 4.78 is 10.8. The number of ether oxygens (including phenoxy) is 2. The number of cyclic esters (lactones) is 1. The van der Waals surface area contributed by atoms with Gasteiger partial charge in [-0.15, -0.1) is 0 Å². The maximum atomic E-state index is 11.5. The van der Waals surface area contributed by atoms with E-state index in [1.165, 1.54) is 0 Å². The largest absolute Gasteiger partial charge is 0.490 e. The summed E-state index contributed by atoms with van der Waals surface area (Å²) in [6.45, 7) is 4.95. The van der Waals surface area contributed by atoms with Gasteiger partial charge < -0.3 is 14.4 Å². The summed E-state index contributed by atoms with van der Waals surface area (Å²) in [5.41, 5.74) is 0. The van der Waals surface area contributed by atoms with Crippen molar-refractivity contribution in [2.24, 2.45) is 0 Å². The molecule has 0 aliphatic carbocycles. The Morgan fingerprint density at radius 1 is 1.41 bits per heavy atom. The maximum absolute atomic E-state index is 11.5. The number of rotatable bonds is 4. The highest BCUT2D eigenvalue weighted by molar-refractivity contribution is 5.70. The third-order valence-corrected chi connectivity index (χ3v) is 2.70. The minimum Gasteiger partial charge on any atom is -0.490 e. The Morgan fingerprint density at radius 3 is 2.71 bits per heavy atom. The summed E-state index contributed by atoms with van der Waals surface area (Å²) in [6, 6.07) is 9.70. The molecule has 1 heterocycles. The number of hydrogen-bond acceptors (Lipinski definition) is 3. The first-order chi connectivity index (χ1) is 8.16. The first-order valence-electron chi connectivity index (χ1n) is 5.82. The van der Waals surface area contributed by atoms with Gasteiger partial charge in [0.05, 0.1) is 6.54 Å². The van der Waals surface area contributed by atoms with E-state index in [0.717, 1.165) is 5.75 Å². The molecule has 1 saturated heterocycles. The molecule has 4 heteroatoms. The van der Waals surface area contributed by atoms with E-state index in [2.05, 4.69) is 0 Å². The van der Waals surface area contributed by atoms with Crippen LogP contribution in [0.15, 0.2) is 30.3 Å². The van der Waals surface area contributed by atoms with E-state index >= 15 is 0 Å². The van der Waals surface area contributed by atoms with E-state index in [-0.39, 0.29) is 18.2 Å². The fourth-order valence-electron chi connectivity index (χ4n) is 1.76. The van der Waals surface area contributed by atoms with Crippen molar-refractivity contribution in [1.82, 2.24) is 4.90 Å². The van der Waals surface area contributed by atoms with Crippen molar-refractivity contribution >= 4 is 6.09 Å². The van der Waals surface area contributed by atoms with Crippen LogP contribution in [-0.2, 0) is 4.74 Å². The zero-order chi connectivity index (χ0) is 12.3. The van der Waals surface area contributed by atoms with Crippen LogP contribution < -0.4 is 4.74 Å². The summed E-state index contributed by atoms with van der Waals surface area (Å²) >= 11 is 0. The predicted molar refractivity (Wildman–Crippen MR) is 64.0 cm³/mol. The van der Waals surface area contributed by atoms with E-state index in [1.54, 1.807) is 4.90 Å². The topological polar surface area (TPSA) is 38.8 Å². The van der Waals surface area contributed by atoms with Crippen LogP contribution in [0.5, 0.6) is 5.75 Å². The number of carbonyl (C=O) groups is 1. The first kappa shape index (κ1) is 11.8. The van der Waals surface area contributed by atoms with Crippen molar-refractivity contribution in [3.63, 3.8) is 0 Å². The average molecular weight is 235 g/mol. The molecule has 0 N–H and O–H groups in total. The van der Waals surface area contributed by atoms with E-state index in [0.29, 0.717) is 13.2 Å². The van der Waals surface area contributed by atoms with Crippen LogP contribution in [0, 0.1) is 0 Å². The first-order valence-corrected chi connectivity index (χ1v) is 5.82. The molecule has 2 rings (SSSR count). The summed E-state index contributed by atoms with van der Waals surface area (Å²) in [5.74, 6) is 0.798. The Morgan fingerprint density at radius 2 is 2.12 bits per heavy atom. The molecular weight excluding hydrogens is 218 g/mol. The highest BCUT2D eigenvalue weighted by Crippen LogP contribution is 2.16. The monoisotopic (exact) mass is 235 g/mol. The molecule has 0 aromatic heterocycles. The zero-order valence-corrected chi connectivity index (χ0v) is 10.1. The lowest BCUT2D eigenvalue weighted by Crippen LogP contribution is -2.32. The molecule has 92 valence electrons. The van der Waals surface area contributed by atoms with Crippen LogP contribution in [0.2, 0.25) is 0 Å². The number of nitrogens with zero attached hydrogens (tertiary/aromatic N) is 1. The Hall–Kier alpha value is -1.71. The van der Waals surface area contributed by atoms with Crippen LogP contribution in [0.4, 0.5) is 4.79 Å². The van der Waals surface area contributed by atoms with E-state index in [4.69, 9.17) is 9.47 Å². The molecule has 1 atom stereocenters. The van der Waals surface area contributed by atoms with Crippen molar-refractivity contribution in [2.75, 3.05) is 13.2 Å². The van der Waals surface area contributed by atoms with Gasteiger partial charge in [-0.2, -0.15) is 0 Å². The summed E-state index contributed by atoms with van der Waals surface area (Å²) in [6.07, 6.45) is -0.424. The second-order valence-electron chi connectivity index (χ2n) is 4.38. The van der Waals surface area contributed by atoms with Gasteiger partial charge in [0.2, 0.25) is 0 Å². The molecule has 1 aromatic rings. The molecule has 0 saturated carbocycles. The van der Waals surface area contributed by atoms with Crippen LogP contribution in [0.25, 0.3) is 0 Å². The normalized spacial score (nSPS) is 19.6. The van der Waals surface area contributed by atoms with E-state index in [9.17, 15) is 4.79 Å². The second-order valence-corrected chi connectivity index (χ2v) is 4.38. The number of benzene rings is 1. The van der Waals surface area contributed by atoms with Gasteiger partial charge in [-0.25, -0.2) is 4.79 Å². The van der Waals surface area contributed by atoms with Crippen molar-refractivity contribution in [1.29, 1.82) is 0 Å². The van der Waals surface area contributed by atoms with Gasteiger partial charge in [-0.3, -0.25) is 0 Å². The summed E-state index contributed by atoms with van der Waals surface area (Å²) in [5, 5.41) is 0. The van der Waals surface area contributed by atoms with Gasteiger partial charge in [-0.05, 0) is 26.0 Å². The fourth-order valence-corrected chi connectivity index (χ4v) is 1.76. The van der Waals surface area contributed by atoms with Gasteiger partial charge in [0, 0.05) is 6.04 Å². The van der Waals surface area contributed by atoms with Crippen molar-refractivity contribution < 1.29 is 14.3 Å². The quantitative estimate of drug-likeness (QED) is 0.803. The van der Waals surface area contributed by atoms with Gasteiger partial charge in [0.15, 0.2) is 6.10 Å². The molecule has 1 fully saturated rings.